The summed E-state index contributed by atoms with van der Waals surface area (Å²) in [5, 5.41) is 21.7. The molecule has 2 atom stereocenters. The minimum Gasteiger partial charge on any atom is -0.477 e. The standard InChI is InChI=1S/C35H31N5O6S3/c1-21(41)47-18-22-19-48-32-28(31(43)40(32)29(22)33(44)45)37-30(42)27(39-46-2)26-20-49-34(36-26)38-35(23-12-6-3-7-13-23,24-14-8-4-9-15-24)25-16-10-5-11-17-25/h3-17,20,28,32H,18-19H2,1-2H3,(H,36,38)(H,37,42)(H,44,45)/t28?,32-/m1/s1. The van der Waals surface area contributed by atoms with Gasteiger partial charge in [0, 0.05) is 23.8 Å². The second-order valence-corrected chi connectivity index (χ2v) is 14.1. The summed E-state index contributed by atoms with van der Waals surface area (Å²) in [6.45, 7) is 1.40. The minimum absolute atomic E-state index is 0.142. The number of oxime groups is 1. The average molecular weight is 714 g/mol. The number of carbonyl (C=O) groups is 4. The molecule has 4 aromatic rings. The summed E-state index contributed by atoms with van der Waals surface area (Å²) in [7, 11) is 1.31. The summed E-state index contributed by atoms with van der Waals surface area (Å²) in [4.78, 5) is 61.5. The zero-order chi connectivity index (χ0) is 34.5. The Balaban J connectivity index is 1.27. The third kappa shape index (κ3) is 6.71. The Hall–Kier alpha value is -4.92. The van der Waals surface area contributed by atoms with Crippen LogP contribution in [0.1, 0.15) is 29.3 Å². The molecule has 1 unspecified atom stereocenters. The van der Waals surface area contributed by atoms with Gasteiger partial charge in [0.05, 0.1) is 0 Å². The lowest BCUT2D eigenvalue weighted by molar-refractivity contribution is -0.150. The van der Waals surface area contributed by atoms with Gasteiger partial charge in [0.15, 0.2) is 16.0 Å². The van der Waals surface area contributed by atoms with Crippen molar-refractivity contribution in [1.82, 2.24) is 15.2 Å². The van der Waals surface area contributed by atoms with Crippen LogP contribution < -0.4 is 10.6 Å². The lowest BCUT2D eigenvalue weighted by atomic mass is 9.77. The largest absolute Gasteiger partial charge is 0.477 e. The number of amides is 2. The number of aromatic nitrogens is 1. The number of carboxylic acids is 1. The molecule has 1 aromatic heterocycles. The van der Waals surface area contributed by atoms with Crippen molar-refractivity contribution in [3.63, 3.8) is 0 Å². The number of aliphatic carboxylic acids is 1. The number of hydrogen-bond acceptors (Lipinski definition) is 11. The lowest BCUT2D eigenvalue weighted by Crippen LogP contribution is -2.71. The first kappa shape index (κ1) is 34.0. The number of benzene rings is 3. The van der Waals surface area contributed by atoms with Gasteiger partial charge in [0.2, 0.25) is 0 Å². The molecule has 250 valence electrons. The first-order valence-electron chi connectivity index (χ1n) is 15.1. The monoisotopic (exact) mass is 713 g/mol. The number of fused-ring (bicyclic) bond motifs is 1. The van der Waals surface area contributed by atoms with Gasteiger partial charge in [0.1, 0.15) is 35.5 Å². The normalized spacial score (nSPS) is 17.6. The van der Waals surface area contributed by atoms with Crippen molar-refractivity contribution in [2.24, 2.45) is 5.16 Å². The molecule has 0 aliphatic carbocycles. The molecule has 0 saturated carbocycles. The first-order chi connectivity index (χ1) is 23.7. The number of anilines is 1. The van der Waals surface area contributed by atoms with E-state index in [0.717, 1.165) is 28.5 Å². The van der Waals surface area contributed by atoms with Crippen molar-refractivity contribution in [3.05, 3.63) is 130 Å². The van der Waals surface area contributed by atoms with Gasteiger partial charge >= 0.3 is 5.97 Å². The molecule has 11 nitrogen and oxygen atoms in total. The number of thiazole rings is 1. The SMILES string of the molecule is CON=C(C(=O)NC1C(=O)N2C(C(=O)O)=C(CSC(C)=O)CS[C@H]12)c1csc(NC(c2ccccc2)(c2ccccc2)c2ccccc2)n1. The highest BCUT2D eigenvalue weighted by atomic mass is 32.2. The highest BCUT2D eigenvalue weighted by Crippen LogP contribution is 2.42. The summed E-state index contributed by atoms with van der Waals surface area (Å²) in [6.07, 6.45) is 0. The van der Waals surface area contributed by atoms with Crippen molar-refractivity contribution in [2.45, 2.75) is 23.9 Å². The molecule has 3 aromatic carbocycles. The first-order valence-corrected chi connectivity index (χ1v) is 18.0. The maximum absolute atomic E-state index is 13.6. The van der Waals surface area contributed by atoms with E-state index in [1.54, 1.807) is 5.38 Å². The molecule has 3 N–H and O–H groups in total. The molecule has 6 rings (SSSR count). The molecular formula is C35H31N5O6S3. The van der Waals surface area contributed by atoms with Crippen LogP contribution >= 0.6 is 34.9 Å². The molecule has 49 heavy (non-hydrogen) atoms. The van der Waals surface area contributed by atoms with Gasteiger partial charge in [-0.05, 0) is 22.3 Å². The number of carbonyl (C=O) groups excluding carboxylic acids is 3. The summed E-state index contributed by atoms with van der Waals surface area (Å²) >= 11 is 3.59. The Morgan fingerprint density at radius 2 is 1.57 bits per heavy atom. The van der Waals surface area contributed by atoms with Gasteiger partial charge in [-0.25, -0.2) is 9.78 Å². The van der Waals surface area contributed by atoms with Crippen LogP contribution in [-0.2, 0) is 29.6 Å². The van der Waals surface area contributed by atoms with Gasteiger partial charge in [0.25, 0.3) is 11.8 Å². The van der Waals surface area contributed by atoms with Crippen LogP contribution in [0.25, 0.3) is 0 Å². The van der Waals surface area contributed by atoms with E-state index in [0.29, 0.717) is 16.5 Å². The molecule has 0 spiro atoms. The Morgan fingerprint density at radius 1 is 1.00 bits per heavy atom. The molecule has 2 amide bonds. The van der Waals surface area contributed by atoms with Crippen molar-refractivity contribution in [1.29, 1.82) is 0 Å². The maximum Gasteiger partial charge on any atom is 0.352 e. The van der Waals surface area contributed by atoms with E-state index in [4.69, 9.17) is 9.82 Å². The predicted octanol–water partition coefficient (Wildman–Crippen LogP) is 4.92. The van der Waals surface area contributed by atoms with E-state index in [9.17, 15) is 24.3 Å². The number of rotatable bonds is 12. The second kappa shape index (κ2) is 14.7. The van der Waals surface area contributed by atoms with Crippen LogP contribution in [-0.4, -0.2) is 73.6 Å². The van der Waals surface area contributed by atoms with Crippen molar-refractivity contribution in [3.8, 4) is 0 Å². The summed E-state index contributed by atoms with van der Waals surface area (Å²) in [5.74, 6) is -2.05. The lowest BCUT2D eigenvalue weighted by Gasteiger charge is -2.49. The average Bonchev–Trinajstić information content (AvgIpc) is 3.59. The fourth-order valence-corrected chi connectivity index (χ4v) is 8.71. The number of hydrogen-bond donors (Lipinski definition) is 3. The zero-order valence-electron chi connectivity index (χ0n) is 26.4. The van der Waals surface area contributed by atoms with E-state index >= 15 is 0 Å². The van der Waals surface area contributed by atoms with Gasteiger partial charge in [-0.2, -0.15) is 0 Å². The molecule has 2 aliphatic heterocycles. The minimum atomic E-state index is -1.26. The third-order valence-corrected chi connectivity index (χ3v) is 11.0. The van der Waals surface area contributed by atoms with E-state index in [2.05, 4.69) is 15.8 Å². The van der Waals surface area contributed by atoms with Crippen LogP contribution in [0.4, 0.5) is 5.13 Å². The van der Waals surface area contributed by atoms with Gasteiger partial charge in [-0.15, -0.1) is 23.1 Å². The van der Waals surface area contributed by atoms with Crippen LogP contribution in [0, 0.1) is 0 Å². The van der Waals surface area contributed by atoms with Crippen molar-refractivity contribution < 1.29 is 29.1 Å². The second-order valence-electron chi connectivity index (χ2n) is 11.0. The number of nitrogens with one attached hydrogen (secondary N) is 2. The Bertz CT molecular complexity index is 1840. The van der Waals surface area contributed by atoms with Crippen molar-refractivity contribution in [2.75, 3.05) is 23.9 Å². The van der Waals surface area contributed by atoms with E-state index in [1.807, 2.05) is 91.0 Å². The van der Waals surface area contributed by atoms with Crippen LogP contribution in [0.2, 0.25) is 0 Å². The highest BCUT2D eigenvalue weighted by Gasteiger charge is 2.54. The number of carboxylic acid groups (broad SMARTS) is 1. The van der Waals surface area contributed by atoms with Crippen LogP contribution in [0.3, 0.4) is 0 Å². The quantitative estimate of drug-likeness (QED) is 0.0800. The predicted molar refractivity (Wildman–Crippen MR) is 191 cm³/mol. The Labute approximate surface area is 294 Å². The fraction of sp³-hybridized carbons (Fsp3) is 0.200. The Morgan fingerprint density at radius 3 is 2.08 bits per heavy atom. The summed E-state index contributed by atoms with van der Waals surface area (Å²) < 4.78 is 0. The molecule has 1 fully saturated rings. The smallest absolute Gasteiger partial charge is 0.352 e. The topological polar surface area (TPSA) is 150 Å². The van der Waals surface area contributed by atoms with E-state index < -0.39 is 34.7 Å². The van der Waals surface area contributed by atoms with Crippen molar-refractivity contribution >= 4 is 68.6 Å². The Kier molecular flexibility index (Phi) is 10.2. The molecule has 2 aliphatic rings. The van der Waals surface area contributed by atoms with E-state index in [-0.39, 0.29) is 28.0 Å². The summed E-state index contributed by atoms with van der Waals surface area (Å²) in [6, 6.07) is 29.0. The van der Waals surface area contributed by atoms with Gasteiger partial charge < -0.3 is 20.6 Å². The summed E-state index contributed by atoms with van der Waals surface area (Å²) in [5.41, 5.74) is 2.49. The van der Waals surface area contributed by atoms with Gasteiger partial charge in [-0.1, -0.05) is 108 Å². The molecule has 3 heterocycles. The molecular weight excluding hydrogens is 683 g/mol. The molecule has 14 heteroatoms. The maximum atomic E-state index is 13.6. The van der Waals surface area contributed by atoms with E-state index in [1.165, 1.54) is 42.0 Å². The van der Waals surface area contributed by atoms with Gasteiger partial charge in [-0.3, -0.25) is 19.3 Å². The van der Waals surface area contributed by atoms with Crippen LogP contribution in [0.5, 0.6) is 0 Å². The molecule has 0 radical (unpaired) electrons. The highest BCUT2D eigenvalue weighted by molar-refractivity contribution is 8.13. The fourth-order valence-electron chi connectivity index (χ4n) is 5.87. The number of thioether (sulfide) groups is 2. The van der Waals surface area contributed by atoms with Crippen LogP contribution in [0.15, 0.2) is 113 Å². The molecule has 1 saturated heterocycles. The number of nitrogens with zero attached hydrogens (tertiary/aromatic N) is 3. The molecule has 0 bridgehead atoms. The number of β-lactam (4-membered cyclic amide) rings is 1. The third-order valence-electron chi connectivity index (χ3n) is 8.05. The zero-order valence-corrected chi connectivity index (χ0v) is 28.8.